The van der Waals surface area contributed by atoms with Crippen LogP contribution in [0.1, 0.15) is 26.2 Å². The van der Waals surface area contributed by atoms with Crippen molar-refractivity contribution in [3.05, 3.63) is 0 Å². The molecule has 60 valence electrons. The maximum atomic E-state index is 12.1. The molecular formula is C7H12F2O. The average molecular weight is 150 g/mol. The first-order valence-corrected chi connectivity index (χ1v) is 3.58. The smallest absolute Gasteiger partial charge is 0.267 e. The Bertz CT molecular complexity index is 127. The van der Waals surface area contributed by atoms with E-state index in [0.29, 0.717) is 0 Å². The van der Waals surface area contributed by atoms with Gasteiger partial charge in [0.15, 0.2) is 0 Å². The minimum Gasteiger partial charge on any atom is -0.384 e. The highest BCUT2D eigenvalue weighted by molar-refractivity contribution is 4.91. The van der Waals surface area contributed by atoms with E-state index in [4.69, 9.17) is 0 Å². The summed E-state index contributed by atoms with van der Waals surface area (Å²) >= 11 is 0. The van der Waals surface area contributed by atoms with Gasteiger partial charge in [-0.2, -0.15) is 0 Å². The molecule has 0 heterocycles. The molecular weight excluding hydrogens is 138 g/mol. The van der Waals surface area contributed by atoms with Gasteiger partial charge in [-0.1, -0.05) is 6.92 Å². The molecule has 0 saturated heterocycles. The second-order valence-electron chi connectivity index (χ2n) is 3.09. The van der Waals surface area contributed by atoms with Crippen LogP contribution >= 0.6 is 0 Å². The third-order valence-electron chi connectivity index (χ3n) is 2.45. The summed E-state index contributed by atoms with van der Waals surface area (Å²) in [6, 6.07) is 0. The van der Waals surface area contributed by atoms with Crippen LogP contribution < -0.4 is 0 Å². The maximum Gasteiger partial charge on any atom is 0.267 e. The zero-order chi connectivity index (χ0) is 7.78. The summed E-state index contributed by atoms with van der Waals surface area (Å²) < 4.78 is 24.2. The molecule has 1 aliphatic rings. The molecule has 0 aromatic carbocycles. The van der Waals surface area contributed by atoms with E-state index >= 15 is 0 Å². The fourth-order valence-electron chi connectivity index (χ4n) is 1.51. The summed E-state index contributed by atoms with van der Waals surface area (Å²) in [5.74, 6) is -0.243. The highest BCUT2D eigenvalue weighted by Gasteiger charge is 2.45. The van der Waals surface area contributed by atoms with Gasteiger partial charge in [-0.25, -0.2) is 8.78 Å². The molecule has 2 atom stereocenters. The number of hydrogen-bond acceptors (Lipinski definition) is 1. The highest BCUT2D eigenvalue weighted by atomic mass is 19.3. The Kier molecular flexibility index (Phi) is 1.95. The van der Waals surface area contributed by atoms with E-state index in [1.54, 1.807) is 6.92 Å². The normalized spacial score (nSPS) is 41.1. The highest BCUT2D eigenvalue weighted by Crippen LogP contribution is 2.39. The van der Waals surface area contributed by atoms with Crippen molar-refractivity contribution in [3.8, 4) is 0 Å². The minimum absolute atomic E-state index is 0.243. The lowest BCUT2D eigenvalue weighted by atomic mass is 9.93. The van der Waals surface area contributed by atoms with Gasteiger partial charge in [0.25, 0.3) is 6.43 Å². The molecule has 0 aromatic rings. The van der Waals surface area contributed by atoms with Crippen LogP contribution in [0.5, 0.6) is 0 Å². The molecule has 1 saturated carbocycles. The minimum atomic E-state index is -2.58. The summed E-state index contributed by atoms with van der Waals surface area (Å²) in [5, 5.41) is 9.29. The summed E-state index contributed by atoms with van der Waals surface area (Å²) in [6.45, 7) is 1.68. The van der Waals surface area contributed by atoms with Crippen LogP contribution in [0.4, 0.5) is 8.78 Å². The van der Waals surface area contributed by atoms with Gasteiger partial charge in [0.2, 0.25) is 0 Å². The first-order chi connectivity index (χ1) is 4.57. The van der Waals surface area contributed by atoms with E-state index in [2.05, 4.69) is 0 Å². The predicted octanol–water partition coefficient (Wildman–Crippen LogP) is 1.80. The Labute approximate surface area is 59.0 Å². The molecule has 0 bridgehead atoms. The molecule has 1 nitrogen and oxygen atoms in total. The van der Waals surface area contributed by atoms with Crippen LogP contribution in [0.2, 0.25) is 0 Å². The first-order valence-electron chi connectivity index (χ1n) is 3.58. The zero-order valence-corrected chi connectivity index (χ0v) is 5.98. The van der Waals surface area contributed by atoms with Crippen molar-refractivity contribution < 1.29 is 13.9 Å². The standard InChI is InChI=1S/C7H12F2O/c1-5-3-2-4-7(5,10)6(8)9/h5-6,10H,2-4H2,1H3. The van der Waals surface area contributed by atoms with Gasteiger partial charge < -0.3 is 5.11 Å². The zero-order valence-electron chi connectivity index (χ0n) is 5.98. The topological polar surface area (TPSA) is 20.2 Å². The summed E-state index contributed by atoms with van der Waals surface area (Å²) in [4.78, 5) is 0. The molecule has 1 rings (SSSR count). The van der Waals surface area contributed by atoms with Gasteiger partial charge >= 0.3 is 0 Å². The van der Waals surface area contributed by atoms with Gasteiger partial charge in [0.05, 0.1) is 0 Å². The average Bonchev–Trinajstić information content (AvgIpc) is 2.15. The van der Waals surface area contributed by atoms with Crippen molar-refractivity contribution in [1.82, 2.24) is 0 Å². The van der Waals surface area contributed by atoms with Gasteiger partial charge in [-0.15, -0.1) is 0 Å². The van der Waals surface area contributed by atoms with Crippen LogP contribution in [-0.2, 0) is 0 Å². The summed E-state index contributed by atoms with van der Waals surface area (Å²) in [5.41, 5.74) is -1.68. The Morgan fingerprint density at radius 3 is 2.40 bits per heavy atom. The third-order valence-corrected chi connectivity index (χ3v) is 2.45. The predicted molar refractivity (Wildman–Crippen MR) is 34.0 cm³/mol. The molecule has 0 aromatic heterocycles. The molecule has 0 amide bonds. The number of alkyl halides is 2. The quantitative estimate of drug-likeness (QED) is 0.604. The van der Waals surface area contributed by atoms with E-state index < -0.39 is 12.0 Å². The second kappa shape index (κ2) is 2.46. The number of aliphatic hydroxyl groups is 1. The summed E-state index contributed by atoms with van der Waals surface area (Å²) in [6.07, 6.45) is -0.876. The van der Waals surface area contributed by atoms with Gasteiger partial charge in [-0.3, -0.25) is 0 Å². The Balaban J connectivity index is 2.66. The lowest BCUT2D eigenvalue weighted by molar-refractivity contribution is -0.115. The van der Waals surface area contributed by atoms with Crippen molar-refractivity contribution in [3.63, 3.8) is 0 Å². The molecule has 1 fully saturated rings. The second-order valence-corrected chi connectivity index (χ2v) is 3.09. The first kappa shape index (κ1) is 7.92. The monoisotopic (exact) mass is 150 g/mol. The SMILES string of the molecule is CC1CCCC1(O)C(F)F. The Morgan fingerprint density at radius 1 is 1.60 bits per heavy atom. The van der Waals surface area contributed by atoms with Crippen molar-refractivity contribution in [2.24, 2.45) is 5.92 Å². The van der Waals surface area contributed by atoms with E-state index in [1.807, 2.05) is 0 Å². The number of hydrogen-bond donors (Lipinski definition) is 1. The van der Waals surface area contributed by atoms with Crippen LogP contribution in [0.25, 0.3) is 0 Å². The fraction of sp³-hybridized carbons (Fsp3) is 1.00. The molecule has 10 heavy (non-hydrogen) atoms. The molecule has 3 heteroatoms. The maximum absolute atomic E-state index is 12.1. The summed E-state index contributed by atoms with van der Waals surface area (Å²) in [7, 11) is 0. The lowest BCUT2D eigenvalue weighted by Crippen LogP contribution is -2.39. The number of halogens is 2. The molecule has 1 aliphatic carbocycles. The van der Waals surface area contributed by atoms with Crippen LogP contribution in [0, 0.1) is 5.92 Å². The molecule has 1 N–H and O–H groups in total. The fourth-order valence-corrected chi connectivity index (χ4v) is 1.51. The van der Waals surface area contributed by atoms with E-state index in [0.717, 1.165) is 12.8 Å². The third kappa shape index (κ3) is 1.03. The molecule has 0 radical (unpaired) electrons. The Morgan fingerprint density at radius 2 is 2.20 bits per heavy atom. The molecule has 0 aliphatic heterocycles. The van der Waals surface area contributed by atoms with E-state index in [9.17, 15) is 13.9 Å². The lowest BCUT2D eigenvalue weighted by Gasteiger charge is -2.26. The number of rotatable bonds is 1. The van der Waals surface area contributed by atoms with Crippen molar-refractivity contribution in [2.75, 3.05) is 0 Å². The molecule has 0 spiro atoms. The van der Waals surface area contributed by atoms with Crippen LogP contribution in [0.3, 0.4) is 0 Å². The van der Waals surface area contributed by atoms with Crippen molar-refractivity contribution in [1.29, 1.82) is 0 Å². The van der Waals surface area contributed by atoms with Gasteiger partial charge in [0, 0.05) is 0 Å². The van der Waals surface area contributed by atoms with Crippen LogP contribution in [0.15, 0.2) is 0 Å². The van der Waals surface area contributed by atoms with Crippen molar-refractivity contribution in [2.45, 2.75) is 38.2 Å². The van der Waals surface area contributed by atoms with Crippen molar-refractivity contribution >= 4 is 0 Å². The van der Waals surface area contributed by atoms with Crippen LogP contribution in [-0.4, -0.2) is 17.1 Å². The Hall–Kier alpha value is -0.180. The van der Waals surface area contributed by atoms with Gasteiger partial charge in [0.1, 0.15) is 5.60 Å². The largest absolute Gasteiger partial charge is 0.384 e. The molecule has 2 unspecified atom stereocenters. The van der Waals surface area contributed by atoms with Gasteiger partial charge in [-0.05, 0) is 25.2 Å². The van der Waals surface area contributed by atoms with E-state index in [-0.39, 0.29) is 12.3 Å². The van der Waals surface area contributed by atoms with E-state index in [1.165, 1.54) is 0 Å².